The zero-order valence-corrected chi connectivity index (χ0v) is 20.1. The molecule has 0 aliphatic carbocycles. The molecule has 36 heavy (non-hydrogen) atoms. The molecule has 0 fully saturated rings. The zero-order valence-electron chi connectivity index (χ0n) is 19.2. The van der Waals surface area contributed by atoms with Crippen LogP contribution in [0.25, 0.3) is 32.2 Å². The van der Waals surface area contributed by atoms with Crippen LogP contribution in [0.3, 0.4) is 0 Å². The first-order chi connectivity index (χ1) is 17.6. The van der Waals surface area contributed by atoms with Gasteiger partial charge in [0.1, 0.15) is 5.01 Å². The summed E-state index contributed by atoms with van der Waals surface area (Å²) in [4.78, 5) is 18.9. The van der Waals surface area contributed by atoms with Gasteiger partial charge in [0, 0.05) is 23.0 Å². The number of benzene rings is 3. The molecular weight excluding hydrogens is 472 g/mol. The fourth-order valence-corrected chi connectivity index (χ4v) is 4.81. The average molecular weight is 493 g/mol. The van der Waals surface area contributed by atoms with E-state index in [9.17, 15) is 4.79 Å². The Labute approximate surface area is 210 Å². The average Bonchev–Trinajstić information content (AvgIpc) is 3.65. The van der Waals surface area contributed by atoms with Crippen LogP contribution >= 0.6 is 11.3 Å². The van der Waals surface area contributed by atoms with E-state index >= 15 is 0 Å². The predicted molar refractivity (Wildman–Crippen MR) is 139 cm³/mol. The van der Waals surface area contributed by atoms with E-state index in [2.05, 4.69) is 44.9 Å². The molecule has 1 amide bonds. The van der Waals surface area contributed by atoms with Crippen LogP contribution in [0.5, 0.6) is 0 Å². The molecular formula is C26H20N8OS. The second kappa shape index (κ2) is 9.16. The number of carbonyl (C=O) groups is 1. The largest absolute Gasteiger partial charge is 0.321 e. The molecule has 0 radical (unpaired) electrons. The highest BCUT2D eigenvalue weighted by Gasteiger charge is 2.12. The zero-order chi connectivity index (χ0) is 24.5. The normalized spacial score (nSPS) is 11.1. The number of hydrogen-bond donors (Lipinski definition) is 1. The molecule has 6 aromatic rings. The summed E-state index contributed by atoms with van der Waals surface area (Å²) in [5, 5.41) is 20.7. The SMILES string of the molecule is Cc1ccc2nc(-c3ccc(NC(=O)c4ccn(Cn5nnc(-c6ccccc6)n5)n4)cc3)sc2c1. The fraction of sp³-hybridized carbons (Fsp3) is 0.0769. The van der Waals surface area contributed by atoms with E-state index in [4.69, 9.17) is 4.98 Å². The van der Waals surface area contributed by atoms with Gasteiger partial charge >= 0.3 is 0 Å². The van der Waals surface area contributed by atoms with Crippen LogP contribution in [-0.4, -0.2) is 40.9 Å². The van der Waals surface area contributed by atoms with Gasteiger partial charge in [-0.3, -0.25) is 4.79 Å². The first-order valence-electron chi connectivity index (χ1n) is 11.3. The minimum atomic E-state index is -0.298. The Kier molecular flexibility index (Phi) is 5.55. The molecule has 10 heteroatoms. The van der Waals surface area contributed by atoms with Crippen LogP contribution in [-0.2, 0) is 6.67 Å². The van der Waals surface area contributed by atoms with Crippen molar-refractivity contribution >= 4 is 33.1 Å². The topological polar surface area (TPSA) is 103 Å². The Balaban J connectivity index is 1.11. The highest BCUT2D eigenvalue weighted by molar-refractivity contribution is 7.21. The number of nitrogens with one attached hydrogen (secondary N) is 1. The Morgan fingerprint density at radius 2 is 1.78 bits per heavy atom. The Morgan fingerprint density at radius 1 is 0.944 bits per heavy atom. The van der Waals surface area contributed by atoms with Crippen molar-refractivity contribution in [3.63, 3.8) is 0 Å². The highest BCUT2D eigenvalue weighted by atomic mass is 32.1. The van der Waals surface area contributed by atoms with E-state index in [1.54, 1.807) is 28.3 Å². The number of aromatic nitrogens is 7. The Bertz CT molecular complexity index is 1670. The van der Waals surface area contributed by atoms with Gasteiger partial charge in [-0.1, -0.05) is 36.4 Å². The summed E-state index contributed by atoms with van der Waals surface area (Å²) in [5.74, 6) is 0.235. The molecule has 0 saturated heterocycles. The molecule has 1 N–H and O–H groups in total. The number of tetrazole rings is 1. The molecule has 0 aliphatic rings. The van der Waals surface area contributed by atoms with Gasteiger partial charge in [0.15, 0.2) is 12.4 Å². The number of thiazole rings is 1. The molecule has 9 nitrogen and oxygen atoms in total. The van der Waals surface area contributed by atoms with E-state index in [-0.39, 0.29) is 12.6 Å². The molecule has 0 aliphatic heterocycles. The first-order valence-corrected chi connectivity index (χ1v) is 12.1. The number of amides is 1. The lowest BCUT2D eigenvalue weighted by Crippen LogP contribution is -2.15. The van der Waals surface area contributed by atoms with Crippen LogP contribution in [0.4, 0.5) is 5.69 Å². The third kappa shape index (κ3) is 4.49. The minimum absolute atomic E-state index is 0.240. The van der Waals surface area contributed by atoms with E-state index in [1.165, 1.54) is 10.4 Å². The molecule has 0 unspecified atom stereocenters. The first kappa shape index (κ1) is 21.8. The number of nitrogens with zero attached hydrogens (tertiary/aromatic N) is 7. The molecule has 3 heterocycles. The van der Waals surface area contributed by atoms with Gasteiger partial charge in [0.2, 0.25) is 5.82 Å². The van der Waals surface area contributed by atoms with Crippen molar-refractivity contribution in [3.05, 3.63) is 96.3 Å². The van der Waals surface area contributed by atoms with E-state index < -0.39 is 0 Å². The van der Waals surface area contributed by atoms with Crippen molar-refractivity contribution in [2.75, 3.05) is 5.32 Å². The summed E-state index contributed by atoms with van der Waals surface area (Å²) in [6, 6.07) is 25.2. The molecule has 6 rings (SSSR count). The molecule has 0 spiro atoms. The van der Waals surface area contributed by atoms with E-state index in [0.29, 0.717) is 17.2 Å². The molecule has 0 bridgehead atoms. The molecule has 3 aromatic carbocycles. The Morgan fingerprint density at radius 3 is 2.61 bits per heavy atom. The van der Waals surface area contributed by atoms with Crippen molar-refractivity contribution in [1.82, 2.24) is 35.0 Å². The van der Waals surface area contributed by atoms with Gasteiger partial charge in [-0.05, 0) is 60.2 Å². The number of rotatable bonds is 6. The second-order valence-corrected chi connectivity index (χ2v) is 9.29. The van der Waals surface area contributed by atoms with Crippen molar-refractivity contribution < 1.29 is 4.79 Å². The number of aryl methyl sites for hydroxylation is 1. The lowest BCUT2D eigenvalue weighted by Gasteiger charge is -2.04. The maximum atomic E-state index is 12.7. The van der Waals surface area contributed by atoms with Crippen LogP contribution in [0.2, 0.25) is 0 Å². The van der Waals surface area contributed by atoms with Crippen LogP contribution in [0, 0.1) is 6.92 Å². The van der Waals surface area contributed by atoms with Gasteiger partial charge in [-0.25, -0.2) is 9.67 Å². The van der Waals surface area contributed by atoms with Crippen LogP contribution in [0.1, 0.15) is 16.1 Å². The third-order valence-electron chi connectivity index (χ3n) is 5.56. The lowest BCUT2D eigenvalue weighted by molar-refractivity contribution is 0.102. The van der Waals surface area contributed by atoms with Crippen molar-refractivity contribution in [3.8, 4) is 22.0 Å². The molecule has 0 saturated carbocycles. The standard InChI is InChI=1S/C26H20N8OS/c1-17-7-12-21-23(15-17)36-26(28-21)19-8-10-20(11-9-19)27-25(35)22-13-14-33(30-22)16-34-31-24(29-32-34)18-5-3-2-4-6-18/h2-15H,16H2,1H3,(H,27,35). The maximum absolute atomic E-state index is 12.7. The number of hydrogen-bond acceptors (Lipinski definition) is 7. The van der Waals surface area contributed by atoms with Gasteiger partial charge < -0.3 is 5.32 Å². The van der Waals surface area contributed by atoms with Crippen LogP contribution in [0.15, 0.2) is 85.1 Å². The van der Waals surface area contributed by atoms with Crippen LogP contribution < -0.4 is 5.32 Å². The summed E-state index contributed by atoms with van der Waals surface area (Å²) >= 11 is 1.66. The monoisotopic (exact) mass is 492 g/mol. The minimum Gasteiger partial charge on any atom is -0.321 e. The summed E-state index contributed by atoms with van der Waals surface area (Å²) in [7, 11) is 0. The number of carbonyl (C=O) groups excluding carboxylic acids is 1. The van der Waals surface area contributed by atoms with Crippen molar-refractivity contribution in [1.29, 1.82) is 0 Å². The summed E-state index contributed by atoms with van der Waals surface area (Å²) < 4.78 is 2.75. The molecule has 3 aromatic heterocycles. The summed E-state index contributed by atoms with van der Waals surface area (Å²) in [6.07, 6.45) is 1.71. The predicted octanol–water partition coefficient (Wildman–Crippen LogP) is 4.88. The fourth-order valence-electron chi connectivity index (χ4n) is 3.74. The smallest absolute Gasteiger partial charge is 0.276 e. The number of fused-ring (bicyclic) bond motifs is 1. The van der Waals surface area contributed by atoms with Gasteiger partial charge in [0.25, 0.3) is 5.91 Å². The van der Waals surface area contributed by atoms with E-state index in [0.717, 1.165) is 26.4 Å². The van der Waals surface area contributed by atoms with Gasteiger partial charge in [-0.2, -0.15) is 5.10 Å². The van der Waals surface area contributed by atoms with Gasteiger partial charge in [-0.15, -0.1) is 26.3 Å². The summed E-state index contributed by atoms with van der Waals surface area (Å²) in [6.45, 7) is 2.32. The van der Waals surface area contributed by atoms with E-state index in [1.807, 2.05) is 60.7 Å². The highest BCUT2D eigenvalue weighted by Crippen LogP contribution is 2.31. The Hall–Kier alpha value is -4.70. The lowest BCUT2D eigenvalue weighted by atomic mass is 10.2. The van der Waals surface area contributed by atoms with Crippen molar-refractivity contribution in [2.45, 2.75) is 13.6 Å². The quantitative estimate of drug-likeness (QED) is 0.355. The van der Waals surface area contributed by atoms with Gasteiger partial charge in [0.05, 0.1) is 10.2 Å². The molecule has 0 atom stereocenters. The molecule has 176 valence electrons. The third-order valence-corrected chi connectivity index (χ3v) is 6.63. The second-order valence-electron chi connectivity index (χ2n) is 8.25. The van der Waals surface area contributed by atoms with Crippen molar-refractivity contribution in [2.24, 2.45) is 0 Å². The summed E-state index contributed by atoms with van der Waals surface area (Å²) in [5.41, 5.74) is 5.07. The number of anilines is 1. The maximum Gasteiger partial charge on any atom is 0.276 e.